The van der Waals surface area contributed by atoms with E-state index in [4.69, 9.17) is 4.42 Å². The van der Waals surface area contributed by atoms with Gasteiger partial charge in [0.15, 0.2) is 0 Å². The fourth-order valence-corrected chi connectivity index (χ4v) is 3.17. The lowest BCUT2D eigenvalue weighted by Crippen LogP contribution is -1.82. The molecule has 0 radical (unpaired) electrons. The molecule has 102 valence electrons. The normalized spacial score (nSPS) is 11.2. The highest BCUT2D eigenvalue weighted by molar-refractivity contribution is 7.98. The highest BCUT2D eigenvalue weighted by Gasteiger charge is 2.17. The summed E-state index contributed by atoms with van der Waals surface area (Å²) in [4.78, 5) is 0. The topological polar surface area (TPSA) is 38.9 Å². The summed E-state index contributed by atoms with van der Waals surface area (Å²) in [6.45, 7) is 0. The number of nitrogens with zero attached hydrogens (tertiary/aromatic N) is 2. The zero-order valence-electron chi connectivity index (χ0n) is 11.2. The molecular weight excluding hydrogens is 280 g/mol. The largest absolute Gasteiger partial charge is 0.436 e. The van der Waals surface area contributed by atoms with E-state index in [1.165, 1.54) is 5.56 Å². The molecule has 2 aliphatic rings. The average Bonchev–Trinajstić information content (AvgIpc) is 2.94. The summed E-state index contributed by atoms with van der Waals surface area (Å²) < 4.78 is 5.79. The Balaban J connectivity index is 1.68. The van der Waals surface area contributed by atoms with Crippen LogP contribution in [0.1, 0.15) is 5.56 Å². The fraction of sp³-hybridized carbons (Fsp3) is 0.0588. The zero-order chi connectivity index (χ0) is 14.1. The predicted molar refractivity (Wildman–Crippen MR) is 84.4 cm³/mol. The first-order valence-electron chi connectivity index (χ1n) is 6.72. The third kappa shape index (κ3) is 2.38. The van der Waals surface area contributed by atoms with Gasteiger partial charge in [-0.3, -0.25) is 0 Å². The molecule has 0 saturated heterocycles. The van der Waals surface area contributed by atoms with E-state index in [0.29, 0.717) is 5.89 Å². The zero-order valence-corrected chi connectivity index (χ0v) is 12.0. The number of thioether (sulfide) groups is 1. The molecule has 4 rings (SSSR count). The van der Waals surface area contributed by atoms with Gasteiger partial charge in [0, 0.05) is 11.1 Å². The molecule has 0 amide bonds. The highest BCUT2D eigenvalue weighted by atomic mass is 32.2. The van der Waals surface area contributed by atoms with Crippen molar-refractivity contribution in [2.75, 3.05) is 0 Å². The first-order valence-corrected chi connectivity index (χ1v) is 7.70. The number of fused-ring (bicyclic) bond motifs is 2. The Bertz CT molecular complexity index is 857. The van der Waals surface area contributed by atoms with E-state index in [0.717, 1.165) is 27.3 Å². The molecule has 0 bridgehead atoms. The van der Waals surface area contributed by atoms with Crippen molar-refractivity contribution in [2.24, 2.45) is 0 Å². The number of para-hydroxylation sites is 1. The second-order valence-corrected chi connectivity index (χ2v) is 5.75. The van der Waals surface area contributed by atoms with Crippen molar-refractivity contribution >= 4 is 22.7 Å². The van der Waals surface area contributed by atoms with Crippen LogP contribution in [0.3, 0.4) is 0 Å². The van der Waals surface area contributed by atoms with Crippen molar-refractivity contribution in [3.63, 3.8) is 0 Å². The van der Waals surface area contributed by atoms with E-state index in [1.807, 2.05) is 42.5 Å². The van der Waals surface area contributed by atoms with Crippen molar-refractivity contribution in [1.82, 2.24) is 10.2 Å². The Morgan fingerprint density at radius 3 is 2.62 bits per heavy atom. The molecular formula is C17H12N2OS. The van der Waals surface area contributed by atoms with E-state index in [2.05, 4.69) is 28.4 Å². The quantitative estimate of drug-likeness (QED) is 0.516. The standard InChI is InChI=1S/C17H12N2OS/c1-2-6-12(7-3-1)11-21-17-14-10-13-8-4-5-9-15(13)20-16(14)18-19-17/h1-10H,11H2. The predicted octanol–water partition coefficient (Wildman–Crippen LogP) is 4.62. The van der Waals surface area contributed by atoms with Crippen LogP contribution in [-0.2, 0) is 5.75 Å². The number of hydrogen-bond acceptors (Lipinski definition) is 4. The second-order valence-electron chi connectivity index (χ2n) is 4.78. The molecule has 0 unspecified atom stereocenters. The molecule has 3 nitrogen and oxygen atoms in total. The van der Waals surface area contributed by atoms with Crippen LogP contribution < -0.4 is 0 Å². The van der Waals surface area contributed by atoms with Gasteiger partial charge in [0.2, 0.25) is 5.89 Å². The molecule has 0 atom stereocenters. The maximum Gasteiger partial charge on any atom is 0.249 e. The van der Waals surface area contributed by atoms with Gasteiger partial charge in [-0.05, 0) is 17.7 Å². The molecule has 0 spiro atoms. The molecule has 2 aromatic rings. The Morgan fingerprint density at radius 1 is 0.905 bits per heavy atom. The molecule has 2 aromatic carbocycles. The van der Waals surface area contributed by atoms with Gasteiger partial charge in [0.1, 0.15) is 10.6 Å². The summed E-state index contributed by atoms with van der Waals surface area (Å²) in [5.41, 5.74) is 3.09. The van der Waals surface area contributed by atoms with Crippen LogP contribution >= 0.6 is 11.8 Å². The van der Waals surface area contributed by atoms with Crippen molar-refractivity contribution in [3.8, 4) is 11.5 Å². The lowest BCUT2D eigenvalue weighted by Gasteiger charge is -2.03. The van der Waals surface area contributed by atoms with E-state index >= 15 is 0 Å². The third-order valence-electron chi connectivity index (χ3n) is 3.34. The number of hydrogen-bond donors (Lipinski definition) is 0. The van der Waals surface area contributed by atoms with Crippen LogP contribution in [0.4, 0.5) is 0 Å². The Labute approximate surface area is 126 Å². The Hall–Kier alpha value is -2.33. The van der Waals surface area contributed by atoms with E-state index in [1.54, 1.807) is 11.8 Å². The first-order chi connectivity index (χ1) is 10.4. The Morgan fingerprint density at radius 2 is 1.71 bits per heavy atom. The molecule has 0 aromatic heterocycles. The van der Waals surface area contributed by atoms with Crippen molar-refractivity contribution in [1.29, 1.82) is 0 Å². The van der Waals surface area contributed by atoms with Gasteiger partial charge in [-0.2, -0.15) is 0 Å². The molecule has 0 aliphatic carbocycles. The maximum absolute atomic E-state index is 5.79. The average molecular weight is 292 g/mol. The SMILES string of the molecule is c1ccc(CSc2nnc3oc4ccccc4cc2-3)cc1. The van der Waals surface area contributed by atoms with Crippen LogP contribution in [0.15, 0.2) is 70.1 Å². The monoisotopic (exact) mass is 292 g/mol. The minimum Gasteiger partial charge on any atom is -0.436 e. The minimum atomic E-state index is 0.601. The summed E-state index contributed by atoms with van der Waals surface area (Å²) in [5.74, 6) is 1.48. The first kappa shape index (κ1) is 12.4. The summed E-state index contributed by atoms with van der Waals surface area (Å²) >= 11 is 1.68. The maximum atomic E-state index is 5.79. The van der Waals surface area contributed by atoms with E-state index in [9.17, 15) is 0 Å². The van der Waals surface area contributed by atoms with Gasteiger partial charge in [-0.25, -0.2) is 0 Å². The van der Waals surface area contributed by atoms with Gasteiger partial charge in [0.25, 0.3) is 0 Å². The number of aromatic nitrogens is 2. The van der Waals surface area contributed by atoms with Gasteiger partial charge in [0.05, 0.1) is 5.56 Å². The summed E-state index contributed by atoms with van der Waals surface area (Å²) in [5, 5.41) is 10.4. The van der Waals surface area contributed by atoms with Crippen LogP contribution in [0, 0.1) is 0 Å². The minimum absolute atomic E-state index is 0.601. The summed E-state index contributed by atoms with van der Waals surface area (Å²) in [7, 11) is 0. The van der Waals surface area contributed by atoms with Crippen molar-refractivity contribution in [2.45, 2.75) is 10.8 Å². The lowest BCUT2D eigenvalue weighted by atomic mass is 10.2. The third-order valence-corrected chi connectivity index (χ3v) is 4.39. The van der Waals surface area contributed by atoms with Gasteiger partial charge < -0.3 is 4.42 Å². The van der Waals surface area contributed by atoms with E-state index in [-0.39, 0.29) is 0 Å². The molecule has 0 N–H and O–H groups in total. The number of benzene rings is 2. The smallest absolute Gasteiger partial charge is 0.249 e. The Kier molecular flexibility index (Phi) is 3.09. The second kappa shape index (κ2) is 5.22. The molecule has 0 saturated carbocycles. The molecule has 21 heavy (non-hydrogen) atoms. The van der Waals surface area contributed by atoms with Crippen LogP contribution in [0.2, 0.25) is 0 Å². The fourth-order valence-electron chi connectivity index (χ4n) is 2.27. The lowest BCUT2D eigenvalue weighted by molar-refractivity contribution is 0.598. The van der Waals surface area contributed by atoms with Gasteiger partial charge in [-0.1, -0.05) is 60.3 Å². The summed E-state index contributed by atoms with van der Waals surface area (Å²) in [6, 6.07) is 20.4. The van der Waals surface area contributed by atoms with Crippen LogP contribution in [0.5, 0.6) is 0 Å². The molecule has 4 heteroatoms. The summed E-state index contributed by atoms with van der Waals surface area (Å²) in [6.07, 6.45) is 0. The molecule has 0 fully saturated rings. The van der Waals surface area contributed by atoms with Gasteiger partial charge >= 0.3 is 0 Å². The molecule has 2 aliphatic heterocycles. The van der Waals surface area contributed by atoms with Crippen LogP contribution in [-0.4, -0.2) is 10.2 Å². The van der Waals surface area contributed by atoms with Crippen molar-refractivity contribution in [3.05, 3.63) is 66.2 Å². The number of rotatable bonds is 3. The molecule has 2 heterocycles. The van der Waals surface area contributed by atoms with E-state index < -0.39 is 0 Å². The highest BCUT2D eigenvalue weighted by Crippen LogP contribution is 2.35. The van der Waals surface area contributed by atoms with Crippen molar-refractivity contribution < 1.29 is 4.42 Å². The van der Waals surface area contributed by atoms with Gasteiger partial charge in [-0.15, -0.1) is 10.2 Å². The van der Waals surface area contributed by atoms with Crippen LogP contribution in [0.25, 0.3) is 22.4 Å².